The van der Waals surface area contributed by atoms with Crippen LogP contribution >= 0.6 is 12.6 Å². The van der Waals surface area contributed by atoms with Crippen LogP contribution in [0, 0.1) is 11.3 Å². The lowest BCUT2D eigenvalue weighted by molar-refractivity contribution is -0.130. The van der Waals surface area contributed by atoms with Gasteiger partial charge in [0, 0.05) is 23.4 Å². The maximum Gasteiger partial charge on any atom is 0.142 e. The van der Waals surface area contributed by atoms with Crippen molar-refractivity contribution in [2.75, 3.05) is 6.54 Å². The number of thiol groups is 1. The van der Waals surface area contributed by atoms with Gasteiger partial charge in [-0.2, -0.15) is 12.6 Å². The highest BCUT2D eigenvalue weighted by atomic mass is 32.1. The zero-order valence-corrected chi connectivity index (χ0v) is 12.3. The standard InChI is InChI=1S/C13H25NOS/c1-12(2,3)11(15)9-7-10(16)14(8-9)13(4,5)6/h9-10,16H,7-8H2,1-6H3. The molecule has 0 radical (unpaired) electrons. The summed E-state index contributed by atoms with van der Waals surface area (Å²) < 4.78 is 0. The van der Waals surface area contributed by atoms with Gasteiger partial charge in [-0.3, -0.25) is 9.69 Å². The van der Waals surface area contributed by atoms with Crippen molar-refractivity contribution in [2.24, 2.45) is 11.3 Å². The predicted molar refractivity (Wildman–Crippen MR) is 71.8 cm³/mol. The van der Waals surface area contributed by atoms with Gasteiger partial charge in [0.1, 0.15) is 5.78 Å². The molecule has 1 fully saturated rings. The first-order chi connectivity index (χ1) is 7.03. The van der Waals surface area contributed by atoms with Crippen LogP contribution in [0.5, 0.6) is 0 Å². The molecular weight excluding hydrogens is 218 g/mol. The molecule has 0 N–H and O–H groups in total. The maximum atomic E-state index is 12.2. The predicted octanol–water partition coefficient (Wildman–Crippen LogP) is 2.98. The van der Waals surface area contributed by atoms with Gasteiger partial charge in [0.05, 0.1) is 5.37 Å². The molecule has 1 aliphatic heterocycles. The molecule has 1 rings (SSSR count). The Balaban J connectivity index is 2.75. The van der Waals surface area contributed by atoms with Gasteiger partial charge in [-0.1, -0.05) is 20.8 Å². The molecule has 0 aromatic rings. The first-order valence-electron chi connectivity index (χ1n) is 6.02. The molecule has 3 heteroatoms. The summed E-state index contributed by atoms with van der Waals surface area (Å²) in [7, 11) is 0. The summed E-state index contributed by atoms with van der Waals surface area (Å²) >= 11 is 4.60. The van der Waals surface area contributed by atoms with Gasteiger partial charge >= 0.3 is 0 Å². The molecule has 0 amide bonds. The highest BCUT2D eigenvalue weighted by molar-refractivity contribution is 7.80. The zero-order valence-electron chi connectivity index (χ0n) is 11.4. The topological polar surface area (TPSA) is 20.3 Å². The minimum Gasteiger partial charge on any atom is -0.299 e. The minimum absolute atomic E-state index is 0.0966. The van der Waals surface area contributed by atoms with E-state index in [9.17, 15) is 4.79 Å². The molecule has 1 saturated heterocycles. The first-order valence-corrected chi connectivity index (χ1v) is 6.54. The molecule has 0 spiro atoms. The Kier molecular flexibility index (Phi) is 3.81. The largest absolute Gasteiger partial charge is 0.299 e. The molecule has 0 aromatic heterocycles. The fourth-order valence-electron chi connectivity index (χ4n) is 2.34. The van der Waals surface area contributed by atoms with E-state index in [1.54, 1.807) is 0 Å². The number of rotatable bonds is 1. The Morgan fingerprint density at radius 3 is 2.00 bits per heavy atom. The molecule has 2 atom stereocenters. The summed E-state index contributed by atoms with van der Waals surface area (Å²) in [5.41, 5.74) is -0.134. The third kappa shape index (κ3) is 3.01. The number of likely N-dealkylation sites (tertiary alicyclic amines) is 1. The maximum absolute atomic E-state index is 12.2. The van der Waals surface area contributed by atoms with Gasteiger partial charge < -0.3 is 0 Å². The van der Waals surface area contributed by atoms with E-state index in [1.165, 1.54) is 0 Å². The molecule has 0 aliphatic carbocycles. The van der Waals surface area contributed by atoms with Crippen LogP contribution in [0.4, 0.5) is 0 Å². The van der Waals surface area contributed by atoms with E-state index in [0.29, 0.717) is 5.78 Å². The fourth-order valence-corrected chi connectivity index (χ4v) is 3.03. The lowest BCUT2D eigenvalue weighted by Crippen LogP contribution is -2.43. The monoisotopic (exact) mass is 243 g/mol. The van der Waals surface area contributed by atoms with Crippen molar-refractivity contribution in [1.29, 1.82) is 0 Å². The normalized spacial score (nSPS) is 28.4. The van der Waals surface area contributed by atoms with E-state index in [2.05, 4.69) is 38.3 Å². The quantitative estimate of drug-likeness (QED) is 0.715. The number of ketones is 1. The molecule has 2 unspecified atom stereocenters. The van der Waals surface area contributed by atoms with Crippen molar-refractivity contribution in [3.8, 4) is 0 Å². The number of carbonyl (C=O) groups is 1. The second kappa shape index (κ2) is 4.34. The Hall–Kier alpha value is -0.0200. The number of Topliss-reactive ketones (excluding diaryl/α,β-unsaturated/α-hetero) is 1. The molecule has 94 valence electrons. The van der Waals surface area contributed by atoms with Crippen LogP contribution in [0.2, 0.25) is 0 Å². The van der Waals surface area contributed by atoms with E-state index in [4.69, 9.17) is 0 Å². The lowest BCUT2D eigenvalue weighted by atomic mass is 9.82. The van der Waals surface area contributed by atoms with E-state index in [0.717, 1.165) is 13.0 Å². The number of hydrogen-bond acceptors (Lipinski definition) is 3. The van der Waals surface area contributed by atoms with E-state index in [1.807, 2.05) is 20.8 Å². The van der Waals surface area contributed by atoms with Gasteiger partial charge in [-0.25, -0.2) is 0 Å². The van der Waals surface area contributed by atoms with Crippen molar-refractivity contribution in [2.45, 2.75) is 58.9 Å². The molecule has 16 heavy (non-hydrogen) atoms. The van der Waals surface area contributed by atoms with Gasteiger partial charge in [0.2, 0.25) is 0 Å². The number of nitrogens with zero attached hydrogens (tertiary/aromatic N) is 1. The summed E-state index contributed by atoms with van der Waals surface area (Å²) in [5, 5.41) is 0.219. The second-order valence-electron chi connectivity index (χ2n) is 6.85. The Morgan fingerprint density at radius 2 is 1.69 bits per heavy atom. The van der Waals surface area contributed by atoms with Crippen molar-refractivity contribution >= 4 is 18.4 Å². The summed E-state index contributed by atoms with van der Waals surface area (Å²) in [5.74, 6) is 0.528. The van der Waals surface area contributed by atoms with Crippen molar-refractivity contribution < 1.29 is 4.79 Å². The SMILES string of the molecule is CC(C)(C)C(=O)C1CC(S)N(C(C)(C)C)C1. The number of carbonyl (C=O) groups excluding carboxylic acids is 1. The highest BCUT2D eigenvalue weighted by Crippen LogP contribution is 2.35. The Morgan fingerprint density at radius 1 is 1.19 bits per heavy atom. The van der Waals surface area contributed by atoms with Gasteiger partial charge in [-0.15, -0.1) is 0 Å². The molecule has 1 heterocycles. The van der Waals surface area contributed by atoms with Gasteiger partial charge in [-0.05, 0) is 27.2 Å². The summed E-state index contributed by atoms with van der Waals surface area (Å²) in [6.07, 6.45) is 0.885. The summed E-state index contributed by atoms with van der Waals surface area (Å²) in [6.45, 7) is 13.4. The molecule has 0 saturated carbocycles. The third-order valence-corrected chi connectivity index (χ3v) is 3.73. The van der Waals surface area contributed by atoms with E-state index < -0.39 is 0 Å². The van der Waals surface area contributed by atoms with Gasteiger partial charge in [0.15, 0.2) is 0 Å². The minimum atomic E-state index is -0.230. The second-order valence-corrected chi connectivity index (χ2v) is 7.45. The van der Waals surface area contributed by atoms with Crippen LogP contribution < -0.4 is 0 Å². The van der Waals surface area contributed by atoms with Crippen LogP contribution in [0.25, 0.3) is 0 Å². The average molecular weight is 243 g/mol. The van der Waals surface area contributed by atoms with Crippen LogP contribution in [0.3, 0.4) is 0 Å². The number of hydrogen-bond donors (Lipinski definition) is 1. The summed E-state index contributed by atoms with van der Waals surface area (Å²) in [4.78, 5) is 14.5. The van der Waals surface area contributed by atoms with E-state index in [-0.39, 0.29) is 22.2 Å². The molecular formula is C13H25NOS. The molecule has 1 aliphatic rings. The molecule has 2 nitrogen and oxygen atoms in total. The van der Waals surface area contributed by atoms with Crippen molar-refractivity contribution in [3.05, 3.63) is 0 Å². The third-order valence-electron chi connectivity index (χ3n) is 3.24. The van der Waals surface area contributed by atoms with Crippen LogP contribution in [-0.2, 0) is 4.79 Å². The average Bonchev–Trinajstić information content (AvgIpc) is 2.43. The van der Waals surface area contributed by atoms with E-state index >= 15 is 0 Å². The Bertz CT molecular complexity index is 275. The van der Waals surface area contributed by atoms with Gasteiger partial charge in [0.25, 0.3) is 0 Å². The van der Waals surface area contributed by atoms with Crippen LogP contribution in [0.15, 0.2) is 0 Å². The van der Waals surface area contributed by atoms with Crippen molar-refractivity contribution in [3.63, 3.8) is 0 Å². The van der Waals surface area contributed by atoms with Crippen molar-refractivity contribution in [1.82, 2.24) is 4.90 Å². The highest BCUT2D eigenvalue weighted by Gasteiger charge is 2.41. The van der Waals surface area contributed by atoms with Crippen LogP contribution in [-0.4, -0.2) is 28.1 Å². The van der Waals surface area contributed by atoms with Crippen LogP contribution in [0.1, 0.15) is 48.0 Å². The molecule has 0 bridgehead atoms. The lowest BCUT2D eigenvalue weighted by Gasteiger charge is -2.35. The fraction of sp³-hybridized carbons (Fsp3) is 0.923. The smallest absolute Gasteiger partial charge is 0.142 e. The Labute approximate surface area is 105 Å². The summed E-state index contributed by atoms with van der Waals surface area (Å²) in [6, 6.07) is 0. The zero-order chi connectivity index (χ0) is 12.7. The first kappa shape index (κ1) is 14.0. The molecule has 0 aromatic carbocycles.